The van der Waals surface area contributed by atoms with Crippen molar-refractivity contribution in [3.63, 3.8) is 0 Å². The van der Waals surface area contributed by atoms with Crippen molar-refractivity contribution in [2.24, 2.45) is 0 Å². The maximum atomic E-state index is 13.4. The lowest BCUT2D eigenvalue weighted by atomic mass is 9.99. The van der Waals surface area contributed by atoms with Gasteiger partial charge < -0.3 is 45.1 Å². The number of hydrogen-bond donors (Lipinski definition) is 6. The van der Waals surface area contributed by atoms with Gasteiger partial charge in [-0.25, -0.2) is 0 Å². The number of esters is 1. The molecule has 0 aromatic carbocycles. The van der Waals surface area contributed by atoms with Crippen LogP contribution in [-0.4, -0.2) is 99.6 Å². The second-order valence-electron chi connectivity index (χ2n) is 22.1. The van der Waals surface area contributed by atoms with Gasteiger partial charge in [-0.15, -0.1) is 0 Å². The molecular weight excluding hydrogens is 943 g/mol. The van der Waals surface area contributed by atoms with E-state index in [0.29, 0.717) is 19.3 Å². The van der Waals surface area contributed by atoms with Crippen LogP contribution in [0.4, 0.5) is 0 Å². The molecule has 1 rings (SSSR count). The molecule has 1 aliphatic heterocycles. The van der Waals surface area contributed by atoms with Gasteiger partial charge in [-0.05, 0) is 57.8 Å². The molecule has 1 amide bonds. The van der Waals surface area contributed by atoms with Gasteiger partial charge >= 0.3 is 5.97 Å². The standard InChI is InChI=1S/C64H119NO10/c1-4-7-10-13-16-19-22-24-26-28-30-31-33-36-39-42-45-48-51-57(68)63(72)65-55(56(67)50-47-44-41-38-35-21-18-15-12-9-6-3)54-73-64-62(61(71)60(70)58(53-66)74-64)75-59(69)52-49-46-43-40-37-34-32-29-27-25-23-20-17-14-11-8-5-2/h17,20,25,27,47,50,55-58,60-62,64,66-68,70-71H,4-16,18-19,21-24,26,28-46,48-49,51-54H2,1-3H3,(H,65,72)/b20-17-,27-25-,50-47+. The van der Waals surface area contributed by atoms with Crippen LogP contribution in [0.2, 0.25) is 0 Å². The van der Waals surface area contributed by atoms with Crippen LogP contribution < -0.4 is 5.32 Å². The van der Waals surface area contributed by atoms with E-state index in [1.807, 2.05) is 6.08 Å². The van der Waals surface area contributed by atoms with Crippen molar-refractivity contribution in [1.29, 1.82) is 0 Å². The Labute approximate surface area is 460 Å². The van der Waals surface area contributed by atoms with Gasteiger partial charge in [0.05, 0.1) is 25.4 Å². The Morgan fingerprint density at radius 3 is 1.39 bits per heavy atom. The second-order valence-corrected chi connectivity index (χ2v) is 22.1. The largest absolute Gasteiger partial charge is 0.454 e. The van der Waals surface area contributed by atoms with E-state index in [9.17, 15) is 35.1 Å². The molecule has 8 atom stereocenters. The lowest BCUT2D eigenvalue weighted by Gasteiger charge is -2.41. The number of aliphatic hydroxyl groups excluding tert-OH is 5. The third-order valence-electron chi connectivity index (χ3n) is 15.0. The molecule has 1 saturated heterocycles. The SMILES string of the molecule is CCCCC/C=C\C/C=C\CCCCCCCCCC(=O)OC1C(OCC(NC(=O)C(O)CCCCCCCCCCCCCCCCCCCC)C(O)/C=C/CCCCCCCCCCC)OC(CO)C(O)C1O. The first-order valence-electron chi connectivity index (χ1n) is 31.8. The molecule has 0 aromatic heterocycles. The zero-order valence-electron chi connectivity index (χ0n) is 48.7. The summed E-state index contributed by atoms with van der Waals surface area (Å²) in [6, 6.07) is -1.02. The molecule has 0 spiro atoms. The van der Waals surface area contributed by atoms with E-state index in [0.717, 1.165) is 77.0 Å². The molecule has 0 aromatic rings. The molecular formula is C64H119NO10. The summed E-state index contributed by atoms with van der Waals surface area (Å²) < 4.78 is 17.6. The molecule has 1 aliphatic rings. The lowest BCUT2D eigenvalue weighted by Crippen LogP contribution is -2.61. The van der Waals surface area contributed by atoms with E-state index in [1.54, 1.807) is 6.08 Å². The maximum absolute atomic E-state index is 13.4. The summed E-state index contributed by atoms with van der Waals surface area (Å²) in [5.74, 6) is -1.19. The number of hydrogen-bond acceptors (Lipinski definition) is 10. The average Bonchev–Trinajstić information content (AvgIpc) is 3.41. The molecule has 11 heteroatoms. The van der Waals surface area contributed by atoms with E-state index in [2.05, 4.69) is 50.4 Å². The highest BCUT2D eigenvalue weighted by Gasteiger charge is 2.47. The van der Waals surface area contributed by atoms with E-state index in [-0.39, 0.29) is 13.0 Å². The van der Waals surface area contributed by atoms with Crippen molar-refractivity contribution >= 4 is 11.9 Å². The Morgan fingerprint density at radius 1 is 0.520 bits per heavy atom. The van der Waals surface area contributed by atoms with Crippen molar-refractivity contribution in [2.45, 2.75) is 346 Å². The predicted octanol–water partition coefficient (Wildman–Crippen LogP) is 15.1. The van der Waals surface area contributed by atoms with E-state index in [4.69, 9.17) is 14.2 Å². The van der Waals surface area contributed by atoms with Crippen molar-refractivity contribution in [3.05, 3.63) is 36.5 Å². The van der Waals surface area contributed by atoms with Crippen LogP contribution in [0.1, 0.15) is 297 Å². The fraction of sp³-hybridized carbons (Fsp3) is 0.875. The Balaban J connectivity index is 2.65. The maximum Gasteiger partial charge on any atom is 0.306 e. The molecule has 0 aliphatic carbocycles. The van der Waals surface area contributed by atoms with E-state index in [1.165, 1.54) is 173 Å². The van der Waals surface area contributed by atoms with Gasteiger partial charge in [-0.1, -0.05) is 269 Å². The van der Waals surface area contributed by atoms with Crippen molar-refractivity contribution < 1.29 is 49.3 Å². The summed E-state index contributed by atoms with van der Waals surface area (Å²) in [5.41, 5.74) is 0. The molecule has 1 fully saturated rings. The summed E-state index contributed by atoms with van der Waals surface area (Å²) in [5, 5.41) is 57.0. The molecule has 8 unspecified atom stereocenters. The van der Waals surface area contributed by atoms with Crippen molar-refractivity contribution in [1.82, 2.24) is 5.32 Å². The first-order valence-corrected chi connectivity index (χ1v) is 31.8. The quantitative estimate of drug-likeness (QED) is 0.0195. The Kier molecular flexibility index (Phi) is 49.7. The van der Waals surface area contributed by atoms with Gasteiger partial charge in [0.1, 0.15) is 24.4 Å². The van der Waals surface area contributed by atoms with Crippen LogP contribution in [-0.2, 0) is 23.8 Å². The average molecular weight is 1060 g/mol. The molecule has 6 N–H and O–H groups in total. The number of carbonyl (C=O) groups is 2. The predicted molar refractivity (Wildman–Crippen MR) is 311 cm³/mol. The number of nitrogens with one attached hydrogen (secondary N) is 1. The molecule has 0 bridgehead atoms. The van der Waals surface area contributed by atoms with Crippen LogP contribution in [0, 0.1) is 0 Å². The number of amides is 1. The van der Waals surface area contributed by atoms with Crippen molar-refractivity contribution in [2.75, 3.05) is 13.2 Å². The topological polar surface area (TPSA) is 175 Å². The van der Waals surface area contributed by atoms with E-state index < -0.39 is 67.4 Å². The van der Waals surface area contributed by atoms with E-state index >= 15 is 0 Å². The fourth-order valence-electron chi connectivity index (χ4n) is 9.98. The van der Waals surface area contributed by atoms with Gasteiger partial charge in [0.15, 0.2) is 12.4 Å². The Morgan fingerprint density at radius 2 is 0.920 bits per heavy atom. The number of unbranched alkanes of at least 4 members (excludes halogenated alkanes) is 36. The highest BCUT2D eigenvalue weighted by molar-refractivity contribution is 5.80. The minimum Gasteiger partial charge on any atom is -0.454 e. The highest BCUT2D eigenvalue weighted by Crippen LogP contribution is 2.26. The third kappa shape index (κ3) is 40.7. The molecule has 440 valence electrons. The van der Waals surface area contributed by atoms with Gasteiger partial charge in [-0.3, -0.25) is 9.59 Å². The summed E-state index contributed by atoms with van der Waals surface area (Å²) in [6.45, 7) is 5.78. The molecule has 1 heterocycles. The summed E-state index contributed by atoms with van der Waals surface area (Å²) in [6.07, 6.45) is 51.8. The zero-order chi connectivity index (χ0) is 54.7. The number of carbonyl (C=O) groups excluding carboxylic acids is 2. The van der Waals surface area contributed by atoms with Crippen LogP contribution in [0.15, 0.2) is 36.5 Å². The zero-order valence-corrected chi connectivity index (χ0v) is 48.7. The first-order chi connectivity index (χ1) is 36.7. The summed E-state index contributed by atoms with van der Waals surface area (Å²) >= 11 is 0. The molecule has 75 heavy (non-hydrogen) atoms. The Hall–Kier alpha value is -2.12. The van der Waals surface area contributed by atoms with Crippen LogP contribution in [0.3, 0.4) is 0 Å². The van der Waals surface area contributed by atoms with Gasteiger partial charge in [0, 0.05) is 6.42 Å². The van der Waals surface area contributed by atoms with Crippen molar-refractivity contribution in [3.8, 4) is 0 Å². The number of ether oxygens (including phenoxy) is 3. The van der Waals surface area contributed by atoms with Crippen LogP contribution in [0.5, 0.6) is 0 Å². The number of rotatable bonds is 54. The third-order valence-corrected chi connectivity index (χ3v) is 15.0. The fourth-order valence-corrected chi connectivity index (χ4v) is 9.98. The van der Waals surface area contributed by atoms with Gasteiger partial charge in [0.25, 0.3) is 0 Å². The van der Waals surface area contributed by atoms with Crippen LogP contribution >= 0.6 is 0 Å². The number of aliphatic hydroxyl groups is 5. The monoisotopic (exact) mass is 1060 g/mol. The minimum atomic E-state index is -1.61. The highest BCUT2D eigenvalue weighted by atomic mass is 16.7. The van der Waals surface area contributed by atoms with Gasteiger partial charge in [-0.2, -0.15) is 0 Å². The van der Waals surface area contributed by atoms with Crippen LogP contribution in [0.25, 0.3) is 0 Å². The summed E-state index contributed by atoms with van der Waals surface area (Å²) in [4.78, 5) is 26.5. The normalized spacial score (nSPS) is 19.4. The minimum absolute atomic E-state index is 0.117. The lowest BCUT2D eigenvalue weighted by molar-refractivity contribution is -0.305. The Bertz CT molecular complexity index is 1360. The first kappa shape index (κ1) is 70.9. The van der Waals surface area contributed by atoms with Gasteiger partial charge in [0.2, 0.25) is 5.91 Å². The number of allylic oxidation sites excluding steroid dienone is 5. The molecule has 0 saturated carbocycles. The smallest absolute Gasteiger partial charge is 0.306 e. The molecule has 0 radical (unpaired) electrons. The molecule has 11 nitrogen and oxygen atoms in total. The summed E-state index contributed by atoms with van der Waals surface area (Å²) in [7, 11) is 0. The second kappa shape index (κ2) is 52.6.